The maximum absolute atomic E-state index is 5.66. The Labute approximate surface area is 157 Å². The van der Waals surface area contributed by atoms with Crippen LogP contribution in [0.5, 0.6) is 0 Å². The molecule has 0 spiro atoms. The van der Waals surface area contributed by atoms with Gasteiger partial charge in [0, 0.05) is 35.8 Å². The van der Waals surface area contributed by atoms with E-state index in [1.807, 2.05) is 6.07 Å². The van der Waals surface area contributed by atoms with Gasteiger partial charge in [-0.05, 0) is 53.9 Å². The number of fused-ring (bicyclic) bond motifs is 2. The summed E-state index contributed by atoms with van der Waals surface area (Å²) in [5.74, 6) is 0.771. The van der Waals surface area contributed by atoms with Gasteiger partial charge in [0.25, 0.3) is 0 Å². The monoisotopic (exact) mass is 355 g/mol. The molecule has 5 heteroatoms. The lowest BCUT2D eigenvalue weighted by Crippen LogP contribution is -2.31. The first-order chi connectivity index (χ1) is 13.2. The Balaban J connectivity index is 1.57. The van der Waals surface area contributed by atoms with E-state index < -0.39 is 0 Å². The van der Waals surface area contributed by atoms with Crippen LogP contribution in [0.2, 0.25) is 0 Å². The number of anilines is 1. The lowest BCUT2D eigenvalue weighted by Gasteiger charge is -2.32. The van der Waals surface area contributed by atoms with Crippen LogP contribution in [0.1, 0.15) is 22.7 Å². The van der Waals surface area contributed by atoms with E-state index in [-0.39, 0.29) is 0 Å². The van der Waals surface area contributed by atoms with Crippen molar-refractivity contribution in [3.8, 4) is 11.3 Å². The SMILES string of the molecule is CN1Cc2cc(-c3ccc(N)nn3)ccc2C(c2cc3ccccc3[nH]2)C1. The Morgan fingerprint density at radius 1 is 1.04 bits per heavy atom. The number of benzene rings is 2. The zero-order chi connectivity index (χ0) is 18.4. The van der Waals surface area contributed by atoms with Gasteiger partial charge in [0.1, 0.15) is 5.82 Å². The largest absolute Gasteiger partial charge is 0.382 e. The minimum atomic E-state index is 0.331. The van der Waals surface area contributed by atoms with E-state index in [1.54, 1.807) is 6.07 Å². The summed E-state index contributed by atoms with van der Waals surface area (Å²) in [7, 11) is 2.17. The van der Waals surface area contributed by atoms with E-state index >= 15 is 0 Å². The van der Waals surface area contributed by atoms with Crippen molar-refractivity contribution >= 4 is 16.7 Å². The van der Waals surface area contributed by atoms with Crippen LogP contribution >= 0.6 is 0 Å². The second kappa shape index (κ2) is 6.21. The number of rotatable bonds is 2. The topological polar surface area (TPSA) is 70.8 Å². The standard InChI is InChI=1S/C22H21N5/c1-27-12-16-10-15(20-8-9-22(23)26-25-20)6-7-17(16)18(13-27)21-11-14-4-2-3-5-19(14)24-21/h2-11,18,24H,12-13H2,1H3,(H2,23,26). The average molecular weight is 355 g/mol. The third-order valence-corrected chi connectivity index (χ3v) is 5.36. The van der Waals surface area contributed by atoms with Gasteiger partial charge >= 0.3 is 0 Å². The van der Waals surface area contributed by atoms with Crippen LogP contribution in [0, 0.1) is 0 Å². The van der Waals surface area contributed by atoms with Crippen LogP contribution in [0.3, 0.4) is 0 Å². The summed E-state index contributed by atoms with van der Waals surface area (Å²) in [6, 6.07) is 21.1. The highest BCUT2D eigenvalue weighted by Gasteiger charge is 2.26. The molecule has 0 radical (unpaired) electrons. The van der Waals surface area contributed by atoms with Crippen molar-refractivity contribution in [3.63, 3.8) is 0 Å². The number of aromatic nitrogens is 3. The molecule has 1 unspecified atom stereocenters. The first-order valence-electron chi connectivity index (χ1n) is 9.16. The van der Waals surface area contributed by atoms with Crippen LogP contribution in [-0.2, 0) is 6.54 Å². The van der Waals surface area contributed by atoms with E-state index in [0.717, 1.165) is 24.3 Å². The van der Waals surface area contributed by atoms with Gasteiger partial charge in [-0.15, -0.1) is 10.2 Å². The smallest absolute Gasteiger partial charge is 0.146 e. The molecule has 3 N–H and O–H groups in total. The minimum absolute atomic E-state index is 0.331. The molecule has 2 aromatic heterocycles. The summed E-state index contributed by atoms with van der Waals surface area (Å²) < 4.78 is 0. The van der Waals surface area contributed by atoms with Gasteiger partial charge in [-0.3, -0.25) is 0 Å². The van der Waals surface area contributed by atoms with Crippen molar-refractivity contribution in [2.24, 2.45) is 0 Å². The molecule has 1 aliphatic heterocycles. The number of hydrogen-bond donors (Lipinski definition) is 2. The molecule has 5 nitrogen and oxygen atoms in total. The summed E-state index contributed by atoms with van der Waals surface area (Å²) >= 11 is 0. The number of nitrogens with two attached hydrogens (primary N) is 1. The maximum Gasteiger partial charge on any atom is 0.146 e. The van der Waals surface area contributed by atoms with E-state index in [0.29, 0.717) is 11.7 Å². The molecule has 3 heterocycles. The molecule has 0 fully saturated rings. The summed E-state index contributed by atoms with van der Waals surface area (Å²) in [4.78, 5) is 5.99. The number of nitrogen functional groups attached to an aromatic ring is 1. The number of nitrogens with zero attached hydrogens (tertiary/aromatic N) is 3. The van der Waals surface area contributed by atoms with Crippen molar-refractivity contribution in [2.75, 3.05) is 19.3 Å². The molecule has 0 amide bonds. The van der Waals surface area contributed by atoms with Crippen molar-refractivity contribution < 1.29 is 0 Å². The molecule has 0 saturated heterocycles. The second-order valence-corrected chi connectivity index (χ2v) is 7.32. The Hall–Kier alpha value is -3.18. The summed E-state index contributed by atoms with van der Waals surface area (Å²) in [5.41, 5.74) is 12.8. The second-order valence-electron chi connectivity index (χ2n) is 7.32. The number of H-pyrrole nitrogens is 1. The molecule has 1 atom stereocenters. The van der Waals surface area contributed by atoms with Gasteiger partial charge in [0.2, 0.25) is 0 Å². The molecule has 27 heavy (non-hydrogen) atoms. The Bertz CT molecular complexity index is 1080. The van der Waals surface area contributed by atoms with Gasteiger partial charge in [-0.2, -0.15) is 0 Å². The zero-order valence-corrected chi connectivity index (χ0v) is 15.2. The maximum atomic E-state index is 5.66. The lowest BCUT2D eigenvalue weighted by molar-refractivity contribution is 0.294. The number of para-hydroxylation sites is 1. The Kier molecular flexibility index (Phi) is 3.69. The molecular formula is C22H21N5. The third-order valence-electron chi connectivity index (χ3n) is 5.36. The molecule has 2 aromatic carbocycles. The number of likely N-dealkylation sites (N-methyl/N-ethyl adjacent to an activating group) is 1. The molecule has 1 aliphatic rings. The molecular weight excluding hydrogens is 334 g/mol. The van der Waals surface area contributed by atoms with Gasteiger partial charge in [-0.25, -0.2) is 0 Å². The molecule has 0 aliphatic carbocycles. The van der Waals surface area contributed by atoms with Gasteiger partial charge in [-0.1, -0.05) is 30.3 Å². The summed E-state index contributed by atoms with van der Waals surface area (Å²) in [6.45, 7) is 1.93. The lowest BCUT2D eigenvalue weighted by atomic mass is 9.86. The number of hydrogen-bond acceptors (Lipinski definition) is 4. The Morgan fingerprint density at radius 2 is 1.93 bits per heavy atom. The van der Waals surface area contributed by atoms with Crippen LogP contribution in [0.15, 0.2) is 60.7 Å². The van der Waals surface area contributed by atoms with Crippen molar-refractivity contribution in [1.29, 1.82) is 0 Å². The van der Waals surface area contributed by atoms with Crippen molar-refractivity contribution in [1.82, 2.24) is 20.1 Å². The fraction of sp³-hybridized carbons (Fsp3) is 0.182. The van der Waals surface area contributed by atoms with Crippen LogP contribution in [-0.4, -0.2) is 33.7 Å². The highest BCUT2D eigenvalue weighted by molar-refractivity contribution is 5.80. The van der Waals surface area contributed by atoms with Crippen molar-refractivity contribution in [3.05, 3.63) is 77.5 Å². The molecule has 0 saturated carbocycles. The normalized spacial score (nSPS) is 17.1. The first-order valence-corrected chi connectivity index (χ1v) is 9.16. The van der Waals surface area contributed by atoms with E-state index in [2.05, 4.69) is 75.7 Å². The summed E-state index contributed by atoms with van der Waals surface area (Å²) in [5, 5.41) is 9.47. The summed E-state index contributed by atoms with van der Waals surface area (Å²) in [6.07, 6.45) is 0. The highest BCUT2D eigenvalue weighted by atomic mass is 15.1. The zero-order valence-electron chi connectivity index (χ0n) is 15.2. The van der Waals surface area contributed by atoms with E-state index in [1.165, 1.54) is 27.7 Å². The number of nitrogens with one attached hydrogen (secondary N) is 1. The minimum Gasteiger partial charge on any atom is -0.382 e. The molecule has 4 aromatic rings. The number of aromatic amines is 1. The quantitative estimate of drug-likeness (QED) is 0.574. The average Bonchev–Trinajstić information content (AvgIpc) is 3.11. The highest BCUT2D eigenvalue weighted by Crippen LogP contribution is 2.35. The predicted molar refractivity (Wildman–Crippen MR) is 108 cm³/mol. The van der Waals surface area contributed by atoms with Gasteiger partial charge < -0.3 is 15.6 Å². The van der Waals surface area contributed by atoms with Gasteiger partial charge in [0.05, 0.1) is 5.69 Å². The van der Waals surface area contributed by atoms with Crippen LogP contribution < -0.4 is 5.73 Å². The first kappa shape index (κ1) is 16.0. The van der Waals surface area contributed by atoms with E-state index in [9.17, 15) is 0 Å². The van der Waals surface area contributed by atoms with Crippen molar-refractivity contribution in [2.45, 2.75) is 12.5 Å². The van der Waals surface area contributed by atoms with E-state index in [4.69, 9.17) is 5.73 Å². The Morgan fingerprint density at radius 3 is 2.74 bits per heavy atom. The third kappa shape index (κ3) is 2.86. The predicted octanol–water partition coefficient (Wildman–Crippen LogP) is 3.78. The van der Waals surface area contributed by atoms with Crippen LogP contribution in [0.25, 0.3) is 22.2 Å². The molecule has 5 rings (SSSR count). The fourth-order valence-electron chi connectivity index (χ4n) is 4.05. The molecule has 134 valence electrons. The molecule has 0 bridgehead atoms. The van der Waals surface area contributed by atoms with Crippen LogP contribution in [0.4, 0.5) is 5.82 Å². The fourth-order valence-corrected chi connectivity index (χ4v) is 4.05. The van der Waals surface area contributed by atoms with Gasteiger partial charge in [0.15, 0.2) is 0 Å².